The number of nitrogens with one attached hydrogen (secondary N) is 1. The van der Waals surface area contributed by atoms with Crippen molar-refractivity contribution in [2.75, 3.05) is 0 Å². The van der Waals surface area contributed by atoms with Crippen LogP contribution in [0.15, 0.2) is 34.3 Å². The van der Waals surface area contributed by atoms with E-state index >= 15 is 0 Å². The summed E-state index contributed by atoms with van der Waals surface area (Å²) in [5, 5.41) is 4.19. The van der Waals surface area contributed by atoms with Gasteiger partial charge in [-0.05, 0) is 50.2 Å². The molecule has 0 saturated heterocycles. The van der Waals surface area contributed by atoms with Crippen molar-refractivity contribution in [1.82, 2.24) is 4.83 Å². The molecule has 5 heteroatoms. The fraction of sp³-hybridized carbons (Fsp3) is 0.632. The minimum Gasteiger partial charge on any atom is -0.200 e. The van der Waals surface area contributed by atoms with E-state index in [0.29, 0.717) is 5.41 Å². The molecular weight excluding hydrogens is 320 g/mol. The Morgan fingerprint density at radius 3 is 2.08 bits per heavy atom. The Hall–Kier alpha value is -1.36. The van der Waals surface area contributed by atoms with Crippen molar-refractivity contribution >= 4 is 15.7 Å². The number of rotatable bonds is 9. The number of nitrogens with zero attached hydrogens (tertiary/aromatic N) is 1. The van der Waals surface area contributed by atoms with Crippen molar-refractivity contribution in [3.8, 4) is 0 Å². The molecule has 1 aliphatic carbocycles. The lowest BCUT2D eigenvalue weighted by Gasteiger charge is -2.43. The number of hydrogen-bond acceptors (Lipinski definition) is 3. The van der Waals surface area contributed by atoms with Gasteiger partial charge in [0.2, 0.25) is 0 Å². The third-order valence-corrected chi connectivity index (χ3v) is 6.16. The molecule has 0 unspecified atom stereocenters. The predicted octanol–water partition coefficient (Wildman–Crippen LogP) is 4.79. The Balaban J connectivity index is 1.97. The van der Waals surface area contributed by atoms with Gasteiger partial charge in [0.15, 0.2) is 0 Å². The van der Waals surface area contributed by atoms with Crippen LogP contribution in [0.25, 0.3) is 0 Å². The van der Waals surface area contributed by atoms with Crippen molar-refractivity contribution in [2.24, 2.45) is 10.5 Å². The Labute approximate surface area is 146 Å². The summed E-state index contributed by atoms with van der Waals surface area (Å²) in [6, 6.07) is 6.83. The summed E-state index contributed by atoms with van der Waals surface area (Å²) in [5.41, 5.74) is 2.38. The molecule has 0 bridgehead atoms. The Bertz CT molecular complexity index is 645. The molecule has 0 heterocycles. The standard InChI is InChI=1S/C19H30N2O2S/c1-4-6-12-19(13-7-5-2)14-17(15-19)20-21-24(22,23)18-10-8-16(3)9-11-18/h8-11,21H,4-7,12-15H2,1-3H3. The highest BCUT2D eigenvalue weighted by molar-refractivity contribution is 7.89. The molecule has 0 aliphatic heterocycles. The van der Waals surface area contributed by atoms with E-state index in [1.807, 2.05) is 6.92 Å². The van der Waals surface area contributed by atoms with Crippen molar-refractivity contribution in [2.45, 2.75) is 77.0 Å². The fourth-order valence-electron chi connectivity index (χ4n) is 3.37. The monoisotopic (exact) mass is 350 g/mol. The highest BCUT2D eigenvalue weighted by Crippen LogP contribution is 2.47. The van der Waals surface area contributed by atoms with Gasteiger partial charge in [-0.15, -0.1) is 0 Å². The molecule has 0 amide bonds. The van der Waals surface area contributed by atoms with Crippen molar-refractivity contribution in [3.63, 3.8) is 0 Å². The number of hydrogen-bond donors (Lipinski definition) is 1. The van der Waals surface area contributed by atoms with Crippen molar-refractivity contribution < 1.29 is 8.42 Å². The zero-order chi connectivity index (χ0) is 17.6. The molecule has 0 aromatic heterocycles. The van der Waals surface area contributed by atoms with Gasteiger partial charge in [0.1, 0.15) is 0 Å². The predicted molar refractivity (Wildman–Crippen MR) is 99.7 cm³/mol. The van der Waals surface area contributed by atoms with Gasteiger partial charge in [-0.2, -0.15) is 13.5 Å². The summed E-state index contributed by atoms with van der Waals surface area (Å²) in [6.07, 6.45) is 9.23. The molecule has 0 atom stereocenters. The second kappa shape index (κ2) is 8.15. The number of aryl methyl sites for hydroxylation is 1. The Morgan fingerprint density at radius 1 is 1.04 bits per heavy atom. The largest absolute Gasteiger partial charge is 0.276 e. The maximum Gasteiger partial charge on any atom is 0.276 e. The van der Waals surface area contributed by atoms with Crippen LogP contribution in [0.2, 0.25) is 0 Å². The van der Waals surface area contributed by atoms with Crippen LogP contribution in [0, 0.1) is 12.3 Å². The molecule has 134 valence electrons. The smallest absolute Gasteiger partial charge is 0.200 e. The molecule has 0 radical (unpaired) electrons. The van der Waals surface area contributed by atoms with Gasteiger partial charge in [0.05, 0.1) is 4.90 Å². The number of hydrazone groups is 1. The first-order chi connectivity index (χ1) is 11.4. The summed E-state index contributed by atoms with van der Waals surface area (Å²) in [7, 11) is -3.56. The molecule has 2 rings (SSSR count). The Kier molecular flexibility index (Phi) is 6.44. The zero-order valence-electron chi connectivity index (χ0n) is 15.1. The third kappa shape index (κ3) is 4.82. The maximum absolute atomic E-state index is 12.3. The van der Waals surface area contributed by atoms with E-state index in [9.17, 15) is 8.42 Å². The minimum atomic E-state index is -3.56. The number of sulfonamides is 1. The minimum absolute atomic E-state index is 0.264. The molecule has 1 saturated carbocycles. The van der Waals surface area contributed by atoms with Crippen LogP contribution in [0.4, 0.5) is 0 Å². The van der Waals surface area contributed by atoms with E-state index in [1.54, 1.807) is 24.3 Å². The molecule has 0 spiro atoms. The molecule has 1 N–H and O–H groups in total. The second-order valence-corrected chi connectivity index (χ2v) is 8.81. The lowest BCUT2D eigenvalue weighted by Crippen LogP contribution is -2.39. The average molecular weight is 351 g/mol. The molecule has 1 aromatic rings. The quantitative estimate of drug-likeness (QED) is 0.651. The first-order valence-corrected chi connectivity index (χ1v) is 10.5. The first kappa shape index (κ1) is 19.0. The molecule has 24 heavy (non-hydrogen) atoms. The molecule has 4 nitrogen and oxygen atoms in total. The molecular formula is C19H30N2O2S. The van der Waals surface area contributed by atoms with Gasteiger partial charge in [-0.1, -0.05) is 57.2 Å². The van der Waals surface area contributed by atoms with Crippen LogP contribution in [-0.2, 0) is 10.0 Å². The SMILES string of the molecule is CCCCC1(CCCC)CC(=NNS(=O)(=O)c2ccc(C)cc2)C1. The highest BCUT2D eigenvalue weighted by Gasteiger charge is 2.40. The molecule has 1 aromatic carbocycles. The molecule has 1 fully saturated rings. The summed E-state index contributed by atoms with van der Waals surface area (Å²) in [4.78, 5) is 2.67. The second-order valence-electron chi connectivity index (χ2n) is 7.15. The van der Waals surface area contributed by atoms with Crippen LogP contribution >= 0.6 is 0 Å². The van der Waals surface area contributed by atoms with E-state index in [0.717, 1.165) is 24.1 Å². The van der Waals surface area contributed by atoms with Gasteiger partial charge in [0.25, 0.3) is 10.0 Å². The van der Waals surface area contributed by atoms with E-state index in [1.165, 1.54) is 38.5 Å². The van der Waals surface area contributed by atoms with Crippen LogP contribution in [-0.4, -0.2) is 14.1 Å². The van der Waals surface area contributed by atoms with E-state index in [4.69, 9.17) is 0 Å². The van der Waals surface area contributed by atoms with Gasteiger partial charge >= 0.3 is 0 Å². The average Bonchev–Trinajstić information content (AvgIpc) is 2.53. The Morgan fingerprint density at radius 2 is 1.58 bits per heavy atom. The van der Waals surface area contributed by atoms with E-state index < -0.39 is 10.0 Å². The van der Waals surface area contributed by atoms with Crippen LogP contribution in [0.5, 0.6) is 0 Å². The van der Waals surface area contributed by atoms with E-state index in [-0.39, 0.29) is 4.90 Å². The van der Waals surface area contributed by atoms with E-state index in [2.05, 4.69) is 23.8 Å². The van der Waals surface area contributed by atoms with Crippen LogP contribution in [0.1, 0.15) is 70.8 Å². The topological polar surface area (TPSA) is 58.5 Å². The third-order valence-electron chi connectivity index (χ3n) is 4.93. The maximum atomic E-state index is 12.3. The molecule has 1 aliphatic rings. The lowest BCUT2D eigenvalue weighted by atomic mass is 9.62. The van der Waals surface area contributed by atoms with Crippen LogP contribution < -0.4 is 4.83 Å². The zero-order valence-corrected chi connectivity index (χ0v) is 16.0. The van der Waals surface area contributed by atoms with Crippen molar-refractivity contribution in [1.29, 1.82) is 0 Å². The number of benzene rings is 1. The lowest BCUT2D eigenvalue weighted by molar-refractivity contribution is 0.204. The van der Waals surface area contributed by atoms with Gasteiger partial charge in [-0.3, -0.25) is 0 Å². The van der Waals surface area contributed by atoms with Crippen LogP contribution in [0.3, 0.4) is 0 Å². The number of unbranched alkanes of at least 4 members (excludes halogenated alkanes) is 2. The van der Waals surface area contributed by atoms with Crippen molar-refractivity contribution in [3.05, 3.63) is 29.8 Å². The van der Waals surface area contributed by atoms with Gasteiger partial charge < -0.3 is 0 Å². The fourth-order valence-corrected chi connectivity index (χ4v) is 4.22. The highest BCUT2D eigenvalue weighted by atomic mass is 32.2. The first-order valence-electron chi connectivity index (χ1n) is 9.05. The normalized spacial score (nSPS) is 16.5. The van der Waals surface area contributed by atoms with Gasteiger partial charge in [-0.25, -0.2) is 4.83 Å². The summed E-state index contributed by atoms with van der Waals surface area (Å²) < 4.78 is 24.6. The summed E-state index contributed by atoms with van der Waals surface area (Å²) in [6.45, 7) is 6.37. The van der Waals surface area contributed by atoms with Gasteiger partial charge in [0, 0.05) is 5.71 Å². The summed E-state index contributed by atoms with van der Waals surface area (Å²) >= 11 is 0. The summed E-state index contributed by atoms with van der Waals surface area (Å²) in [5.74, 6) is 0.